The Morgan fingerprint density at radius 1 is 1.04 bits per heavy atom. The fourth-order valence-electron chi connectivity index (χ4n) is 2.83. The summed E-state index contributed by atoms with van der Waals surface area (Å²) in [6, 6.07) is 11.5. The molecular weight excluding hydrogens is 334 g/mol. The number of aromatic nitrogens is 3. The molecule has 3 aromatic heterocycles. The molecule has 0 aliphatic carbocycles. The minimum atomic E-state index is -0.0973. The molecule has 1 aromatic carbocycles. The number of thiophene rings is 1. The molecule has 0 fully saturated rings. The van der Waals surface area contributed by atoms with Crippen LogP contribution >= 0.6 is 11.3 Å². The molecule has 5 nitrogen and oxygen atoms in total. The van der Waals surface area contributed by atoms with Gasteiger partial charge in [0.15, 0.2) is 0 Å². The molecule has 0 bridgehead atoms. The summed E-state index contributed by atoms with van der Waals surface area (Å²) in [7, 11) is 3.32. The van der Waals surface area contributed by atoms with Crippen molar-refractivity contribution in [3.8, 4) is 28.1 Å². The van der Waals surface area contributed by atoms with E-state index in [1.165, 1.54) is 16.0 Å². The van der Waals surface area contributed by atoms with Gasteiger partial charge in [-0.25, -0.2) is 4.68 Å². The fraction of sp³-hybridized carbons (Fsp3) is 0.105. The lowest BCUT2D eigenvalue weighted by atomic mass is 10.0. The summed E-state index contributed by atoms with van der Waals surface area (Å²) >= 11 is 1.54. The first kappa shape index (κ1) is 15.5. The third-order valence-electron chi connectivity index (χ3n) is 4.12. The molecular formula is C19H15N3O2S. The van der Waals surface area contributed by atoms with Crippen molar-refractivity contribution in [3.63, 3.8) is 0 Å². The largest absolute Gasteiger partial charge is 0.497 e. The predicted molar refractivity (Wildman–Crippen MR) is 100 cm³/mol. The molecule has 0 atom stereocenters. The van der Waals surface area contributed by atoms with E-state index in [-0.39, 0.29) is 5.56 Å². The van der Waals surface area contributed by atoms with Crippen molar-refractivity contribution in [1.29, 1.82) is 0 Å². The van der Waals surface area contributed by atoms with Gasteiger partial charge in [0.25, 0.3) is 5.56 Å². The third kappa shape index (κ3) is 2.60. The van der Waals surface area contributed by atoms with Gasteiger partial charge in [-0.05, 0) is 29.8 Å². The lowest BCUT2D eigenvalue weighted by molar-refractivity contribution is 0.415. The summed E-state index contributed by atoms with van der Waals surface area (Å²) < 4.78 is 7.50. The van der Waals surface area contributed by atoms with Crippen LogP contribution in [0.15, 0.2) is 59.0 Å². The summed E-state index contributed by atoms with van der Waals surface area (Å²) in [5.41, 5.74) is 3.54. The highest BCUT2D eigenvalue weighted by Crippen LogP contribution is 2.36. The Hall–Kier alpha value is -2.99. The van der Waals surface area contributed by atoms with Crippen LogP contribution in [0.5, 0.6) is 5.75 Å². The van der Waals surface area contributed by atoms with E-state index < -0.39 is 0 Å². The van der Waals surface area contributed by atoms with Gasteiger partial charge in [0.2, 0.25) is 0 Å². The van der Waals surface area contributed by atoms with Crippen molar-refractivity contribution in [2.24, 2.45) is 7.05 Å². The molecule has 3 heterocycles. The number of methoxy groups -OCH3 is 1. The minimum Gasteiger partial charge on any atom is -0.497 e. The average Bonchev–Trinajstić information content (AvgIpc) is 3.11. The second-order valence-electron chi connectivity index (χ2n) is 5.60. The number of fused-ring (bicyclic) bond motifs is 1. The normalized spacial score (nSPS) is 11.0. The molecule has 6 heteroatoms. The number of benzene rings is 1. The highest BCUT2D eigenvalue weighted by Gasteiger charge is 2.17. The van der Waals surface area contributed by atoms with Crippen LogP contribution in [0, 0.1) is 0 Å². The average molecular weight is 349 g/mol. The Kier molecular flexibility index (Phi) is 3.82. The van der Waals surface area contributed by atoms with E-state index in [0.717, 1.165) is 32.8 Å². The van der Waals surface area contributed by atoms with Crippen LogP contribution in [0.25, 0.3) is 32.5 Å². The highest BCUT2D eigenvalue weighted by molar-refractivity contribution is 7.18. The number of aryl methyl sites for hydroxylation is 1. The molecule has 0 N–H and O–H groups in total. The maximum absolute atomic E-state index is 12.8. The second kappa shape index (κ2) is 6.14. The third-order valence-corrected chi connectivity index (χ3v) is 5.11. The van der Waals surface area contributed by atoms with Crippen LogP contribution in [0.2, 0.25) is 0 Å². The van der Waals surface area contributed by atoms with Gasteiger partial charge >= 0.3 is 0 Å². The Morgan fingerprint density at radius 3 is 2.44 bits per heavy atom. The zero-order valence-electron chi connectivity index (χ0n) is 13.8. The van der Waals surface area contributed by atoms with E-state index in [1.807, 2.05) is 41.8 Å². The van der Waals surface area contributed by atoms with Crippen LogP contribution in [-0.4, -0.2) is 21.9 Å². The molecule has 124 valence electrons. The topological polar surface area (TPSA) is 57.0 Å². The molecule has 0 spiro atoms. The van der Waals surface area contributed by atoms with Gasteiger partial charge in [0, 0.05) is 35.9 Å². The maximum Gasteiger partial charge on any atom is 0.275 e. The van der Waals surface area contributed by atoms with Crippen LogP contribution in [-0.2, 0) is 7.05 Å². The lowest BCUT2D eigenvalue weighted by Gasteiger charge is -2.07. The van der Waals surface area contributed by atoms with E-state index in [4.69, 9.17) is 4.74 Å². The van der Waals surface area contributed by atoms with Gasteiger partial charge in [0.05, 0.1) is 17.2 Å². The first-order chi connectivity index (χ1) is 12.2. The van der Waals surface area contributed by atoms with Crippen LogP contribution < -0.4 is 10.3 Å². The number of rotatable bonds is 3. The molecule has 0 saturated heterocycles. The second-order valence-corrected chi connectivity index (χ2v) is 6.47. The van der Waals surface area contributed by atoms with E-state index in [1.54, 1.807) is 26.6 Å². The number of hydrogen-bond donors (Lipinski definition) is 0. The summed E-state index contributed by atoms with van der Waals surface area (Å²) in [5, 5.41) is 7.18. The van der Waals surface area contributed by atoms with Crippen molar-refractivity contribution in [1.82, 2.24) is 14.8 Å². The first-order valence-electron chi connectivity index (χ1n) is 7.72. The molecule has 4 rings (SSSR count). The summed E-state index contributed by atoms with van der Waals surface area (Å²) in [5.74, 6) is 0.787. The number of hydrogen-bond acceptors (Lipinski definition) is 5. The smallest absolute Gasteiger partial charge is 0.275 e. The van der Waals surface area contributed by atoms with E-state index in [9.17, 15) is 4.79 Å². The van der Waals surface area contributed by atoms with Crippen molar-refractivity contribution in [3.05, 3.63) is 64.5 Å². The Labute approximate surface area is 148 Å². The van der Waals surface area contributed by atoms with E-state index >= 15 is 0 Å². The van der Waals surface area contributed by atoms with Gasteiger partial charge in [-0.1, -0.05) is 12.1 Å². The monoisotopic (exact) mass is 349 g/mol. The molecule has 25 heavy (non-hydrogen) atoms. The van der Waals surface area contributed by atoms with Crippen molar-refractivity contribution in [2.45, 2.75) is 0 Å². The highest BCUT2D eigenvalue weighted by atomic mass is 32.1. The zero-order chi connectivity index (χ0) is 17.4. The van der Waals surface area contributed by atoms with Gasteiger partial charge in [-0.15, -0.1) is 11.3 Å². The van der Waals surface area contributed by atoms with Crippen LogP contribution in [0.4, 0.5) is 0 Å². The molecule has 0 aliphatic heterocycles. The first-order valence-corrected chi connectivity index (χ1v) is 8.60. The van der Waals surface area contributed by atoms with Crippen molar-refractivity contribution in [2.75, 3.05) is 7.11 Å². The standard InChI is InChI=1S/C19H15N3O2S/c1-22-19(23)16-15(12-3-5-14(24-2)6-4-12)11-25-18(16)17(21-22)13-7-9-20-10-8-13/h3-11H,1-2H3. The molecule has 4 aromatic rings. The van der Waals surface area contributed by atoms with Crippen molar-refractivity contribution >= 4 is 21.4 Å². The molecule has 0 aliphatic rings. The van der Waals surface area contributed by atoms with Gasteiger partial charge in [-0.3, -0.25) is 9.78 Å². The molecule has 0 saturated carbocycles. The fourth-order valence-corrected chi connectivity index (χ4v) is 3.90. The maximum atomic E-state index is 12.8. The van der Waals surface area contributed by atoms with E-state index in [0.29, 0.717) is 5.39 Å². The lowest BCUT2D eigenvalue weighted by Crippen LogP contribution is -2.20. The number of ether oxygens (including phenoxy) is 1. The SMILES string of the molecule is COc1ccc(-c2csc3c(-c4ccncc4)nn(C)c(=O)c23)cc1. The number of pyridine rings is 1. The number of nitrogens with zero attached hydrogens (tertiary/aromatic N) is 3. The summed E-state index contributed by atoms with van der Waals surface area (Å²) in [4.78, 5) is 16.8. The Morgan fingerprint density at radius 2 is 1.76 bits per heavy atom. The van der Waals surface area contributed by atoms with Gasteiger partial charge < -0.3 is 4.74 Å². The summed E-state index contributed by atoms with van der Waals surface area (Å²) in [6.07, 6.45) is 3.46. The summed E-state index contributed by atoms with van der Waals surface area (Å²) in [6.45, 7) is 0. The van der Waals surface area contributed by atoms with Gasteiger partial charge in [-0.2, -0.15) is 5.10 Å². The predicted octanol–water partition coefficient (Wildman–Crippen LogP) is 3.73. The minimum absolute atomic E-state index is 0.0973. The quantitative estimate of drug-likeness (QED) is 0.565. The van der Waals surface area contributed by atoms with Crippen LogP contribution in [0.3, 0.4) is 0 Å². The zero-order valence-corrected chi connectivity index (χ0v) is 14.6. The van der Waals surface area contributed by atoms with E-state index in [2.05, 4.69) is 10.1 Å². The van der Waals surface area contributed by atoms with Crippen molar-refractivity contribution < 1.29 is 4.74 Å². The Balaban J connectivity index is 1.99. The molecule has 0 radical (unpaired) electrons. The van der Waals surface area contributed by atoms with Gasteiger partial charge in [0.1, 0.15) is 11.4 Å². The Bertz CT molecular complexity index is 1100. The molecule has 0 unspecified atom stereocenters. The van der Waals surface area contributed by atoms with Crippen LogP contribution in [0.1, 0.15) is 0 Å². The molecule has 0 amide bonds.